The van der Waals surface area contributed by atoms with Crippen LogP contribution in [-0.4, -0.2) is 69.1 Å². The third kappa shape index (κ3) is 5.52. The van der Waals surface area contributed by atoms with Crippen molar-refractivity contribution >= 4 is 40.2 Å². The molecule has 10 atom stereocenters. The van der Waals surface area contributed by atoms with Crippen molar-refractivity contribution in [3.05, 3.63) is 58.7 Å². The Kier molecular flexibility index (Phi) is 8.87. The van der Waals surface area contributed by atoms with E-state index in [1.54, 1.807) is 31.2 Å². The fourth-order valence-electron chi connectivity index (χ4n) is 9.35. The van der Waals surface area contributed by atoms with Crippen molar-refractivity contribution in [1.82, 2.24) is 5.06 Å². The first-order valence-electron chi connectivity index (χ1n) is 15.8. The van der Waals surface area contributed by atoms with Gasteiger partial charge in [0.1, 0.15) is 6.17 Å². The molecule has 3 saturated carbocycles. The second-order valence-corrected chi connectivity index (χ2v) is 15.5. The fraction of sp³-hybridized carbons (Fsp3) is 0.618. The van der Waals surface area contributed by atoms with Crippen LogP contribution < -0.4 is 0 Å². The molecule has 0 aromatic heterocycles. The molecule has 7 nitrogen and oxygen atoms in total. The number of ether oxygens (including phenoxy) is 1. The van der Waals surface area contributed by atoms with E-state index in [1.807, 2.05) is 6.92 Å². The number of ketones is 1. The monoisotopic (exact) mass is 663 g/mol. The predicted octanol–water partition coefficient (Wildman–Crippen LogP) is 5.91. The number of thioether (sulfide) groups is 1. The number of rotatable bonds is 8. The SMILES string of the molecule is C[C@]12C[C@H](O)[C@@]3(F)[C@@H](C[C@H](F)C4=CC(=O)C=C[C@@]43C)[C@@H]1C[C@@H](CN(O)Cc1ccc(Cl)cc1)[C@@H]2C(=O)SCCC1CCOC1=O. The number of aliphatic hydroxyl groups excluding tert-OH is 1. The summed E-state index contributed by atoms with van der Waals surface area (Å²) in [6.45, 7) is 4.15. The van der Waals surface area contributed by atoms with Gasteiger partial charge in [0.15, 0.2) is 16.6 Å². The molecule has 0 amide bonds. The van der Waals surface area contributed by atoms with Crippen molar-refractivity contribution in [3.8, 4) is 0 Å². The lowest BCUT2D eigenvalue weighted by Gasteiger charge is -2.62. The Bertz CT molecular complexity index is 1420. The smallest absolute Gasteiger partial charge is 0.309 e. The summed E-state index contributed by atoms with van der Waals surface area (Å²) >= 11 is 7.15. The van der Waals surface area contributed by atoms with Crippen LogP contribution in [0.2, 0.25) is 5.02 Å². The number of carbonyl (C=O) groups excluding carboxylic acids is 3. The van der Waals surface area contributed by atoms with Gasteiger partial charge in [-0.25, -0.2) is 8.78 Å². The molecule has 2 N–H and O–H groups in total. The Morgan fingerprint density at radius 3 is 2.60 bits per heavy atom. The summed E-state index contributed by atoms with van der Waals surface area (Å²) in [5.74, 6) is -2.90. The van der Waals surface area contributed by atoms with E-state index in [-0.39, 0.29) is 48.5 Å². The minimum Gasteiger partial charge on any atom is -0.465 e. The first-order chi connectivity index (χ1) is 21.3. The van der Waals surface area contributed by atoms with Crippen LogP contribution in [-0.2, 0) is 25.7 Å². The zero-order valence-electron chi connectivity index (χ0n) is 25.5. The zero-order chi connectivity index (χ0) is 32.3. The Balaban J connectivity index is 1.30. The van der Waals surface area contributed by atoms with Gasteiger partial charge in [0.25, 0.3) is 0 Å². The number of alkyl halides is 2. The van der Waals surface area contributed by atoms with Crippen molar-refractivity contribution in [3.63, 3.8) is 0 Å². The standard InChI is InChI=1S/C34H40ClF2NO6S/c1-32-16-28(40)34(37)25(15-27(36)26-14-23(39)7-10-33(26,34)2)24(32)13-21(18-38(43)17-19-3-5-22(35)6-4-19)29(32)31(42)45-12-9-20-8-11-44-30(20)41/h3-7,10,14,20-21,24-25,27-29,40,43H,8-9,11-13,15-18H2,1-2H3/t20?,21-,24-,25-,27-,28-,29+,32-,33-,34-/m0/s1. The van der Waals surface area contributed by atoms with Gasteiger partial charge in [0.2, 0.25) is 0 Å². The first kappa shape index (κ1) is 32.8. The number of nitrogens with zero attached hydrogens (tertiary/aromatic N) is 1. The number of cyclic esters (lactones) is 1. The van der Waals surface area contributed by atoms with Crippen LogP contribution in [0.15, 0.2) is 48.1 Å². The molecule has 6 rings (SSSR count). The van der Waals surface area contributed by atoms with E-state index in [2.05, 4.69) is 0 Å². The third-order valence-electron chi connectivity index (χ3n) is 11.5. The van der Waals surface area contributed by atoms with Crippen molar-refractivity contribution in [2.45, 2.75) is 70.4 Å². The van der Waals surface area contributed by atoms with E-state index in [0.29, 0.717) is 36.6 Å². The topological polar surface area (TPSA) is 104 Å². The molecule has 1 heterocycles. The molecule has 1 aromatic carbocycles. The minimum absolute atomic E-state index is 0.0166. The van der Waals surface area contributed by atoms with Gasteiger partial charge >= 0.3 is 5.97 Å². The van der Waals surface area contributed by atoms with Gasteiger partial charge < -0.3 is 15.1 Å². The summed E-state index contributed by atoms with van der Waals surface area (Å²) in [6.07, 6.45) is 2.03. The summed E-state index contributed by atoms with van der Waals surface area (Å²) in [6, 6.07) is 7.07. The minimum atomic E-state index is -2.25. The van der Waals surface area contributed by atoms with E-state index in [4.69, 9.17) is 16.3 Å². The normalized spacial score (nSPS) is 40.5. The number of aliphatic hydroxyl groups is 1. The van der Waals surface area contributed by atoms with Crippen LogP contribution in [0.3, 0.4) is 0 Å². The number of fused-ring (bicyclic) bond motifs is 5. The van der Waals surface area contributed by atoms with Gasteiger partial charge in [0, 0.05) is 41.1 Å². The molecule has 11 heteroatoms. The Morgan fingerprint density at radius 1 is 1.18 bits per heavy atom. The average molecular weight is 664 g/mol. The van der Waals surface area contributed by atoms with Crippen molar-refractivity contribution in [2.24, 2.45) is 40.4 Å². The van der Waals surface area contributed by atoms with Crippen LogP contribution >= 0.6 is 23.4 Å². The molecule has 1 saturated heterocycles. The number of esters is 1. The number of halogens is 3. The fourth-order valence-corrected chi connectivity index (χ4v) is 10.7. The average Bonchev–Trinajstić information content (AvgIpc) is 3.51. The van der Waals surface area contributed by atoms with Gasteiger partial charge in [-0.05, 0) is 91.7 Å². The molecular weight excluding hydrogens is 624 g/mol. The van der Waals surface area contributed by atoms with Crippen LogP contribution in [0, 0.1) is 40.4 Å². The van der Waals surface area contributed by atoms with E-state index < -0.39 is 58.2 Å². The Morgan fingerprint density at radius 2 is 1.91 bits per heavy atom. The second-order valence-electron chi connectivity index (χ2n) is 14.0. The van der Waals surface area contributed by atoms with Crippen LogP contribution in [0.4, 0.5) is 8.78 Å². The van der Waals surface area contributed by atoms with Crippen molar-refractivity contribution in [2.75, 3.05) is 18.9 Å². The lowest BCUT2D eigenvalue weighted by molar-refractivity contribution is -0.201. The van der Waals surface area contributed by atoms with Crippen molar-refractivity contribution in [1.29, 1.82) is 0 Å². The van der Waals surface area contributed by atoms with E-state index in [9.17, 15) is 24.7 Å². The number of hydrogen-bond donors (Lipinski definition) is 2. The maximum Gasteiger partial charge on any atom is 0.309 e. The van der Waals surface area contributed by atoms with E-state index in [0.717, 1.165) is 22.4 Å². The van der Waals surface area contributed by atoms with Gasteiger partial charge in [-0.1, -0.05) is 48.5 Å². The maximum absolute atomic E-state index is 17.7. The number of allylic oxidation sites excluding steroid dienone is 4. The molecule has 0 spiro atoms. The molecule has 45 heavy (non-hydrogen) atoms. The quantitative estimate of drug-likeness (QED) is 0.262. The Labute approximate surface area is 271 Å². The summed E-state index contributed by atoms with van der Waals surface area (Å²) in [5, 5.41) is 24.4. The highest BCUT2D eigenvalue weighted by Crippen LogP contribution is 2.70. The molecule has 0 radical (unpaired) electrons. The maximum atomic E-state index is 17.7. The molecule has 4 aliphatic carbocycles. The van der Waals surface area contributed by atoms with Crippen molar-refractivity contribution < 1.29 is 38.2 Å². The largest absolute Gasteiger partial charge is 0.465 e. The molecule has 4 fully saturated rings. The third-order valence-corrected chi connectivity index (χ3v) is 12.8. The summed E-state index contributed by atoms with van der Waals surface area (Å²) in [5.41, 5.74) is -3.74. The molecule has 1 unspecified atom stereocenters. The predicted molar refractivity (Wildman–Crippen MR) is 166 cm³/mol. The van der Waals surface area contributed by atoms with Crippen LogP contribution in [0.25, 0.3) is 0 Å². The highest BCUT2D eigenvalue weighted by Gasteiger charge is 2.73. The Hall–Kier alpha value is -2.11. The summed E-state index contributed by atoms with van der Waals surface area (Å²) in [4.78, 5) is 38.3. The highest BCUT2D eigenvalue weighted by molar-refractivity contribution is 8.13. The number of benzene rings is 1. The first-order valence-corrected chi connectivity index (χ1v) is 17.1. The van der Waals surface area contributed by atoms with Crippen LogP contribution in [0.5, 0.6) is 0 Å². The lowest BCUT2D eigenvalue weighted by atomic mass is 9.45. The van der Waals surface area contributed by atoms with E-state index in [1.165, 1.54) is 18.2 Å². The number of carbonyl (C=O) groups is 3. The molecule has 1 aromatic rings. The van der Waals surface area contributed by atoms with Gasteiger partial charge in [-0.3, -0.25) is 14.4 Å². The van der Waals surface area contributed by atoms with E-state index >= 15 is 8.78 Å². The second kappa shape index (κ2) is 12.2. The highest BCUT2D eigenvalue weighted by atomic mass is 35.5. The molecule has 0 bridgehead atoms. The van der Waals surface area contributed by atoms with Gasteiger partial charge in [-0.2, -0.15) is 5.06 Å². The zero-order valence-corrected chi connectivity index (χ0v) is 27.0. The summed E-state index contributed by atoms with van der Waals surface area (Å²) in [7, 11) is 0. The number of hydrogen-bond acceptors (Lipinski definition) is 8. The molecule has 1 aliphatic heterocycles. The van der Waals surface area contributed by atoms with Gasteiger partial charge in [0.05, 0.1) is 18.6 Å². The van der Waals surface area contributed by atoms with Crippen LogP contribution in [0.1, 0.15) is 51.5 Å². The molecular formula is C34H40ClF2NO6S. The van der Waals surface area contributed by atoms with Gasteiger partial charge in [-0.15, -0.1) is 0 Å². The lowest BCUT2D eigenvalue weighted by Crippen LogP contribution is -2.68. The summed E-state index contributed by atoms with van der Waals surface area (Å²) < 4.78 is 38.6. The number of hydroxylamine groups is 2. The molecule has 244 valence electrons. The molecule has 5 aliphatic rings.